The lowest BCUT2D eigenvalue weighted by Gasteiger charge is -2.11. The van der Waals surface area contributed by atoms with Gasteiger partial charge in [0, 0.05) is 0 Å². The smallest absolute Gasteiger partial charge is 0.138 e. The zero-order valence-corrected chi connectivity index (χ0v) is 11.7. The minimum atomic E-state index is -0.262. The predicted molar refractivity (Wildman–Crippen MR) is 76.3 cm³/mol. The summed E-state index contributed by atoms with van der Waals surface area (Å²) in [6.07, 6.45) is 0. The van der Waals surface area contributed by atoms with Crippen molar-refractivity contribution in [1.29, 1.82) is 0 Å². The van der Waals surface area contributed by atoms with Gasteiger partial charge in [-0.1, -0.05) is 43.6 Å². The van der Waals surface area contributed by atoms with Gasteiger partial charge in [-0.15, -0.1) is 0 Å². The van der Waals surface area contributed by atoms with Gasteiger partial charge in [-0.3, -0.25) is 0 Å². The molecule has 0 spiro atoms. The Morgan fingerprint density at radius 1 is 1.16 bits per heavy atom. The van der Waals surface area contributed by atoms with Crippen LogP contribution in [0.25, 0.3) is 0 Å². The van der Waals surface area contributed by atoms with Crippen LogP contribution in [0.5, 0.6) is 5.75 Å². The van der Waals surface area contributed by atoms with Crippen LogP contribution in [0, 0.1) is 5.82 Å². The lowest BCUT2D eigenvalue weighted by Crippen LogP contribution is -1.97. The SMILES string of the molecule is CC(C)c1ccc(OCc2cccc(F)c2)c(Cl)c1. The molecule has 0 saturated carbocycles. The van der Waals surface area contributed by atoms with Crippen molar-refractivity contribution in [2.45, 2.75) is 26.4 Å². The van der Waals surface area contributed by atoms with Crippen molar-refractivity contribution in [3.05, 3.63) is 64.4 Å². The number of rotatable bonds is 4. The second-order valence-electron chi connectivity index (χ2n) is 4.76. The Morgan fingerprint density at radius 2 is 1.95 bits per heavy atom. The maximum Gasteiger partial charge on any atom is 0.138 e. The molecule has 0 N–H and O–H groups in total. The molecule has 2 rings (SSSR count). The molecule has 100 valence electrons. The zero-order chi connectivity index (χ0) is 13.8. The summed E-state index contributed by atoms with van der Waals surface area (Å²) in [5.74, 6) is 0.785. The fourth-order valence-corrected chi connectivity index (χ4v) is 2.02. The van der Waals surface area contributed by atoms with Gasteiger partial charge in [-0.25, -0.2) is 4.39 Å². The molecule has 0 bridgehead atoms. The van der Waals surface area contributed by atoms with E-state index < -0.39 is 0 Å². The maximum absolute atomic E-state index is 13.0. The van der Waals surface area contributed by atoms with E-state index in [9.17, 15) is 4.39 Å². The van der Waals surface area contributed by atoms with Crippen LogP contribution in [-0.2, 0) is 6.61 Å². The van der Waals surface area contributed by atoms with Crippen molar-refractivity contribution in [2.24, 2.45) is 0 Å². The molecular formula is C16H16ClFO. The summed E-state index contributed by atoms with van der Waals surface area (Å²) in [5, 5.41) is 0.586. The van der Waals surface area contributed by atoms with Crippen LogP contribution in [0.3, 0.4) is 0 Å². The third-order valence-corrected chi connectivity index (χ3v) is 3.20. The molecule has 3 heteroatoms. The van der Waals surface area contributed by atoms with E-state index in [1.165, 1.54) is 17.7 Å². The Hall–Kier alpha value is -1.54. The molecule has 1 nitrogen and oxygen atoms in total. The summed E-state index contributed by atoms with van der Waals surface area (Å²) >= 11 is 6.17. The summed E-state index contributed by atoms with van der Waals surface area (Å²) in [5.41, 5.74) is 1.95. The fraction of sp³-hybridized carbons (Fsp3) is 0.250. The monoisotopic (exact) mass is 278 g/mol. The van der Waals surface area contributed by atoms with Gasteiger partial charge < -0.3 is 4.74 Å². The molecular weight excluding hydrogens is 263 g/mol. The summed E-state index contributed by atoms with van der Waals surface area (Å²) in [6.45, 7) is 4.52. The van der Waals surface area contributed by atoms with Crippen LogP contribution >= 0.6 is 11.6 Å². The number of benzene rings is 2. The number of halogens is 2. The highest BCUT2D eigenvalue weighted by Gasteiger charge is 2.06. The molecule has 0 aliphatic heterocycles. The van der Waals surface area contributed by atoms with Gasteiger partial charge in [0.05, 0.1) is 5.02 Å². The topological polar surface area (TPSA) is 9.23 Å². The Balaban J connectivity index is 2.07. The molecule has 0 atom stereocenters. The molecule has 0 unspecified atom stereocenters. The summed E-state index contributed by atoms with van der Waals surface area (Å²) in [7, 11) is 0. The molecule has 2 aromatic rings. The van der Waals surface area contributed by atoms with Crippen LogP contribution < -0.4 is 4.74 Å². The van der Waals surface area contributed by atoms with Crippen molar-refractivity contribution in [3.63, 3.8) is 0 Å². The molecule has 0 aromatic heterocycles. The van der Waals surface area contributed by atoms with E-state index in [4.69, 9.17) is 16.3 Å². The molecule has 0 aliphatic carbocycles. The summed E-state index contributed by atoms with van der Waals surface area (Å²) < 4.78 is 18.6. The molecule has 0 amide bonds. The van der Waals surface area contributed by atoms with Crippen LogP contribution in [0.15, 0.2) is 42.5 Å². The number of ether oxygens (including phenoxy) is 1. The van der Waals surface area contributed by atoms with E-state index in [-0.39, 0.29) is 5.82 Å². The lowest BCUT2D eigenvalue weighted by atomic mass is 10.0. The van der Waals surface area contributed by atoms with Crippen molar-refractivity contribution in [1.82, 2.24) is 0 Å². The van der Waals surface area contributed by atoms with Crippen LogP contribution in [0.2, 0.25) is 5.02 Å². The lowest BCUT2D eigenvalue weighted by molar-refractivity contribution is 0.305. The number of hydrogen-bond donors (Lipinski definition) is 0. The Labute approximate surface area is 118 Å². The fourth-order valence-electron chi connectivity index (χ4n) is 1.78. The average Bonchev–Trinajstić information content (AvgIpc) is 2.37. The molecule has 0 fully saturated rings. The standard InChI is InChI=1S/C16H16ClFO/c1-11(2)13-6-7-16(15(17)9-13)19-10-12-4-3-5-14(18)8-12/h3-9,11H,10H2,1-2H3. The van der Waals surface area contributed by atoms with E-state index in [2.05, 4.69) is 13.8 Å². The largest absolute Gasteiger partial charge is 0.487 e. The van der Waals surface area contributed by atoms with Crippen molar-refractivity contribution in [3.8, 4) is 5.75 Å². The normalized spacial score (nSPS) is 10.8. The summed E-state index contributed by atoms with van der Waals surface area (Å²) in [4.78, 5) is 0. The zero-order valence-electron chi connectivity index (χ0n) is 11.0. The molecule has 0 saturated heterocycles. The third-order valence-electron chi connectivity index (χ3n) is 2.91. The van der Waals surface area contributed by atoms with E-state index >= 15 is 0 Å². The Bertz CT molecular complexity index is 566. The Morgan fingerprint density at radius 3 is 2.58 bits per heavy atom. The Kier molecular flexibility index (Phi) is 4.43. The van der Waals surface area contributed by atoms with E-state index in [1.807, 2.05) is 24.3 Å². The number of hydrogen-bond acceptors (Lipinski definition) is 1. The van der Waals surface area contributed by atoms with Gasteiger partial charge in [0.2, 0.25) is 0 Å². The van der Waals surface area contributed by atoms with E-state index in [1.54, 1.807) is 6.07 Å². The highest BCUT2D eigenvalue weighted by molar-refractivity contribution is 6.32. The maximum atomic E-state index is 13.0. The quantitative estimate of drug-likeness (QED) is 0.748. The van der Waals surface area contributed by atoms with E-state index in [0.29, 0.717) is 23.3 Å². The third kappa shape index (κ3) is 3.71. The molecule has 2 aromatic carbocycles. The first-order valence-corrected chi connectivity index (χ1v) is 6.61. The second-order valence-corrected chi connectivity index (χ2v) is 5.17. The van der Waals surface area contributed by atoms with Crippen LogP contribution in [0.4, 0.5) is 4.39 Å². The van der Waals surface area contributed by atoms with Crippen molar-refractivity contribution in [2.75, 3.05) is 0 Å². The molecule has 19 heavy (non-hydrogen) atoms. The van der Waals surface area contributed by atoms with Gasteiger partial charge in [-0.2, -0.15) is 0 Å². The van der Waals surface area contributed by atoms with Gasteiger partial charge in [0.25, 0.3) is 0 Å². The molecule has 0 heterocycles. The average molecular weight is 279 g/mol. The minimum Gasteiger partial charge on any atom is -0.487 e. The van der Waals surface area contributed by atoms with Crippen molar-refractivity contribution < 1.29 is 9.13 Å². The van der Waals surface area contributed by atoms with Gasteiger partial charge in [-0.05, 0) is 41.3 Å². The van der Waals surface area contributed by atoms with Gasteiger partial charge >= 0.3 is 0 Å². The first kappa shape index (κ1) is 13.9. The predicted octanol–water partition coefficient (Wildman–Crippen LogP) is 5.18. The van der Waals surface area contributed by atoms with Gasteiger partial charge in [0.15, 0.2) is 0 Å². The highest BCUT2D eigenvalue weighted by atomic mass is 35.5. The van der Waals surface area contributed by atoms with Crippen LogP contribution in [-0.4, -0.2) is 0 Å². The second kappa shape index (κ2) is 6.07. The van der Waals surface area contributed by atoms with Crippen molar-refractivity contribution >= 4 is 11.6 Å². The van der Waals surface area contributed by atoms with E-state index in [0.717, 1.165) is 5.56 Å². The highest BCUT2D eigenvalue weighted by Crippen LogP contribution is 2.29. The van der Waals surface area contributed by atoms with Crippen LogP contribution in [0.1, 0.15) is 30.9 Å². The van der Waals surface area contributed by atoms with Gasteiger partial charge in [0.1, 0.15) is 18.2 Å². The molecule has 0 radical (unpaired) electrons. The molecule has 0 aliphatic rings. The first-order chi connectivity index (χ1) is 9.06. The first-order valence-electron chi connectivity index (χ1n) is 6.23. The summed E-state index contributed by atoms with van der Waals surface area (Å²) in [6, 6.07) is 12.1. The minimum absolute atomic E-state index is 0.262.